The molecule has 0 fully saturated rings. The van der Waals surface area contributed by atoms with Crippen LogP contribution in [0.4, 0.5) is 11.4 Å². The topological polar surface area (TPSA) is 53.9 Å². The summed E-state index contributed by atoms with van der Waals surface area (Å²) in [6.45, 7) is 0. The standard InChI is InChI=1S/C37H23N3O/c38-23-24-20-21-33-30(22-24)28-14-8-17-32(39-31-16-6-4-12-26(31)25-10-2-1-3-11-25)36(28)40(33)34-18-9-15-29-27-13-5-7-19-35(27)41-37(29)34/h1-22,39H. The molecule has 4 heteroatoms. The molecule has 0 radical (unpaired) electrons. The average molecular weight is 526 g/mol. The van der Waals surface area contributed by atoms with Crippen molar-refractivity contribution >= 4 is 55.1 Å². The minimum Gasteiger partial charge on any atom is -0.454 e. The van der Waals surface area contributed by atoms with Crippen molar-refractivity contribution in [2.45, 2.75) is 0 Å². The first-order valence-electron chi connectivity index (χ1n) is 13.6. The summed E-state index contributed by atoms with van der Waals surface area (Å²) in [5.74, 6) is 0. The third-order valence-corrected chi connectivity index (χ3v) is 7.82. The fourth-order valence-electron chi connectivity index (χ4n) is 6.00. The number of para-hydroxylation sites is 4. The van der Waals surface area contributed by atoms with Gasteiger partial charge in [0.1, 0.15) is 5.58 Å². The molecular weight excluding hydrogens is 502 g/mol. The number of fused-ring (bicyclic) bond motifs is 6. The number of benzene rings is 6. The molecule has 2 aromatic heterocycles. The maximum Gasteiger partial charge on any atom is 0.159 e. The maximum absolute atomic E-state index is 9.72. The highest BCUT2D eigenvalue weighted by atomic mass is 16.3. The predicted octanol–water partition coefficient (Wildman–Crippen LogP) is 9.97. The van der Waals surface area contributed by atoms with E-state index in [1.54, 1.807) is 0 Å². The van der Waals surface area contributed by atoms with Crippen LogP contribution in [0.3, 0.4) is 0 Å². The summed E-state index contributed by atoms with van der Waals surface area (Å²) < 4.78 is 8.76. The molecule has 8 aromatic rings. The first kappa shape index (κ1) is 23.1. The van der Waals surface area contributed by atoms with E-state index in [4.69, 9.17) is 4.42 Å². The van der Waals surface area contributed by atoms with Gasteiger partial charge in [0.2, 0.25) is 0 Å². The second-order valence-electron chi connectivity index (χ2n) is 10.2. The molecule has 0 saturated heterocycles. The van der Waals surface area contributed by atoms with Crippen LogP contribution in [-0.2, 0) is 0 Å². The lowest BCUT2D eigenvalue weighted by molar-refractivity contribution is 0.666. The van der Waals surface area contributed by atoms with Gasteiger partial charge in [0.15, 0.2) is 5.58 Å². The van der Waals surface area contributed by atoms with E-state index in [0.29, 0.717) is 5.56 Å². The molecule has 0 bridgehead atoms. The molecule has 0 aliphatic carbocycles. The lowest BCUT2D eigenvalue weighted by Gasteiger charge is -2.16. The van der Waals surface area contributed by atoms with Crippen LogP contribution >= 0.6 is 0 Å². The molecule has 4 nitrogen and oxygen atoms in total. The van der Waals surface area contributed by atoms with Crippen LogP contribution in [0, 0.1) is 11.3 Å². The number of anilines is 2. The van der Waals surface area contributed by atoms with Gasteiger partial charge in [-0.1, -0.05) is 91.0 Å². The van der Waals surface area contributed by atoms with Crippen molar-refractivity contribution in [3.05, 3.63) is 139 Å². The van der Waals surface area contributed by atoms with Gasteiger partial charge in [-0.15, -0.1) is 0 Å². The summed E-state index contributed by atoms with van der Waals surface area (Å²) in [5.41, 5.74) is 9.56. The van der Waals surface area contributed by atoms with Crippen LogP contribution in [0.1, 0.15) is 5.56 Å². The summed E-state index contributed by atoms with van der Waals surface area (Å²) in [7, 11) is 0. The van der Waals surface area contributed by atoms with Gasteiger partial charge in [-0.2, -0.15) is 5.26 Å². The average Bonchev–Trinajstić information content (AvgIpc) is 3.58. The van der Waals surface area contributed by atoms with E-state index < -0.39 is 0 Å². The van der Waals surface area contributed by atoms with Crippen molar-refractivity contribution in [3.8, 4) is 22.9 Å². The molecule has 192 valence electrons. The summed E-state index contributed by atoms with van der Waals surface area (Å²) in [6, 6.07) is 47.8. The number of nitrogens with zero attached hydrogens (tertiary/aromatic N) is 2. The highest BCUT2D eigenvalue weighted by Crippen LogP contribution is 2.42. The Labute approximate surface area is 236 Å². The number of furan rings is 1. The predicted molar refractivity (Wildman–Crippen MR) is 168 cm³/mol. The van der Waals surface area contributed by atoms with Crippen LogP contribution in [0.2, 0.25) is 0 Å². The Morgan fingerprint density at radius 3 is 2.24 bits per heavy atom. The van der Waals surface area contributed by atoms with Gasteiger partial charge in [0.25, 0.3) is 0 Å². The molecule has 0 atom stereocenters. The van der Waals surface area contributed by atoms with Crippen molar-refractivity contribution in [2.24, 2.45) is 0 Å². The van der Waals surface area contributed by atoms with Crippen molar-refractivity contribution in [1.82, 2.24) is 4.57 Å². The SMILES string of the molecule is N#Cc1ccc2c(c1)c1cccc(Nc3ccccc3-c3ccccc3)c1n2-c1cccc2c1oc1ccccc12. The van der Waals surface area contributed by atoms with Gasteiger partial charge in [-0.3, -0.25) is 0 Å². The Morgan fingerprint density at radius 2 is 1.34 bits per heavy atom. The number of hydrogen-bond acceptors (Lipinski definition) is 3. The number of nitriles is 1. The van der Waals surface area contributed by atoms with E-state index in [1.807, 2.05) is 42.5 Å². The number of rotatable bonds is 4. The van der Waals surface area contributed by atoms with Crippen LogP contribution in [0.5, 0.6) is 0 Å². The second-order valence-corrected chi connectivity index (χ2v) is 10.2. The zero-order valence-electron chi connectivity index (χ0n) is 22.0. The normalized spacial score (nSPS) is 11.4. The fraction of sp³-hybridized carbons (Fsp3) is 0. The molecule has 0 amide bonds. The number of aromatic nitrogens is 1. The summed E-state index contributed by atoms with van der Waals surface area (Å²) >= 11 is 0. The van der Waals surface area contributed by atoms with E-state index in [1.165, 1.54) is 0 Å². The molecule has 0 aliphatic rings. The van der Waals surface area contributed by atoms with Crippen molar-refractivity contribution in [1.29, 1.82) is 5.26 Å². The zero-order chi connectivity index (χ0) is 27.3. The minimum absolute atomic E-state index is 0.631. The fourth-order valence-corrected chi connectivity index (χ4v) is 6.00. The largest absolute Gasteiger partial charge is 0.454 e. The molecule has 2 heterocycles. The Kier molecular flexibility index (Phi) is 5.16. The minimum atomic E-state index is 0.631. The Bertz CT molecular complexity index is 2300. The second kappa shape index (κ2) is 9.15. The third kappa shape index (κ3) is 3.61. The van der Waals surface area contributed by atoms with Crippen molar-refractivity contribution in [2.75, 3.05) is 5.32 Å². The van der Waals surface area contributed by atoms with E-state index in [0.717, 1.165) is 71.9 Å². The molecule has 0 spiro atoms. The quantitative estimate of drug-likeness (QED) is 0.249. The first-order valence-corrected chi connectivity index (χ1v) is 13.6. The molecular formula is C37H23N3O. The molecule has 6 aromatic carbocycles. The molecule has 41 heavy (non-hydrogen) atoms. The molecule has 0 saturated carbocycles. The van der Waals surface area contributed by atoms with E-state index >= 15 is 0 Å². The van der Waals surface area contributed by atoms with E-state index in [9.17, 15) is 5.26 Å². The highest BCUT2D eigenvalue weighted by Gasteiger charge is 2.20. The smallest absolute Gasteiger partial charge is 0.159 e. The summed E-state index contributed by atoms with van der Waals surface area (Å²) in [5, 5.41) is 17.7. The van der Waals surface area contributed by atoms with E-state index in [2.05, 4.69) is 107 Å². The van der Waals surface area contributed by atoms with Gasteiger partial charge in [0, 0.05) is 32.8 Å². The van der Waals surface area contributed by atoms with Crippen LogP contribution in [0.25, 0.3) is 60.6 Å². The van der Waals surface area contributed by atoms with Crippen LogP contribution in [0.15, 0.2) is 138 Å². The lowest BCUT2D eigenvalue weighted by Crippen LogP contribution is -1.99. The van der Waals surface area contributed by atoms with Crippen LogP contribution < -0.4 is 5.32 Å². The van der Waals surface area contributed by atoms with Gasteiger partial charge in [-0.25, -0.2) is 0 Å². The van der Waals surface area contributed by atoms with Gasteiger partial charge < -0.3 is 14.3 Å². The number of nitrogens with one attached hydrogen (secondary N) is 1. The van der Waals surface area contributed by atoms with Gasteiger partial charge >= 0.3 is 0 Å². The monoisotopic (exact) mass is 525 g/mol. The summed E-state index contributed by atoms with van der Waals surface area (Å²) in [4.78, 5) is 0. The maximum atomic E-state index is 9.72. The third-order valence-electron chi connectivity index (χ3n) is 7.82. The van der Waals surface area contributed by atoms with Crippen LogP contribution in [-0.4, -0.2) is 4.57 Å². The zero-order valence-corrected chi connectivity index (χ0v) is 22.0. The molecule has 8 rings (SSSR count). The molecule has 0 aliphatic heterocycles. The van der Waals surface area contributed by atoms with Gasteiger partial charge in [0.05, 0.1) is 34.0 Å². The lowest BCUT2D eigenvalue weighted by atomic mass is 10.0. The van der Waals surface area contributed by atoms with E-state index in [-0.39, 0.29) is 0 Å². The Morgan fingerprint density at radius 1 is 0.610 bits per heavy atom. The Hall–Kier alpha value is -5.79. The first-order chi connectivity index (χ1) is 20.3. The number of hydrogen-bond donors (Lipinski definition) is 1. The highest BCUT2D eigenvalue weighted by molar-refractivity contribution is 6.16. The van der Waals surface area contributed by atoms with Crippen molar-refractivity contribution < 1.29 is 4.42 Å². The summed E-state index contributed by atoms with van der Waals surface area (Å²) in [6.07, 6.45) is 0. The molecule has 0 unspecified atom stereocenters. The molecule has 1 N–H and O–H groups in total. The Balaban J connectivity index is 1.44. The van der Waals surface area contributed by atoms with Gasteiger partial charge in [-0.05, 0) is 48.0 Å². The van der Waals surface area contributed by atoms with Crippen molar-refractivity contribution in [3.63, 3.8) is 0 Å².